The Morgan fingerprint density at radius 2 is 1.95 bits per heavy atom. The predicted octanol–water partition coefficient (Wildman–Crippen LogP) is 6.38. The highest BCUT2D eigenvalue weighted by Crippen LogP contribution is 2.42. The SMILES string of the molecule is COC(=O)N1c2ccc3c(nc([C@H](C)Cc4ccc(F)c(F)c4)n3[C@@H]3CCC[C@@H](C(=O)O)C3)c2CC[C@@H]1C. The molecule has 2 aliphatic rings. The molecule has 1 fully saturated rings. The molecule has 4 atom stereocenters. The number of nitrogens with zero attached hydrogens (tertiary/aromatic N) is 3. The van der Waals surface area contributed by atoms with Gasteiger partial charge in [-0.1, -0.05) is 19.4 Å². The Balaban J connectivity index is 1.63. The molecule has 1 N–H and O–H groups in total. The summed E-state index contributed by atoms with van der Waals surface area (Å²) in [6, 6.07) is 7.78. The molecule has 3 aromatic rings. The number of rotatable bonds is 5. The van der Waals surface area contributed by atoms with Crippen molar-refractivity contribution in [2.45, 2.75) is 76.8 Å². The highest BCUT2D eigenvalue weighted by Gasteiger charge is 2.35. The zero-order valence-electron chi connectivity index (χ0n) is 21.9. The average molecular weight is 526 g/mol. The molecule has 2 aromatic carbocycles. The molecule has 0 unspecified atom stereocenters. The van der Waals surface area contributed by atoms with Crippen molar-refractivity contribution < 1.29 is 28.2 Å². The van der Waals surface area contributed by atoms with Gasteiger partial charge in [-0.25, -0.2) is 18.6 Å². The summed E-state index contributed by atoms with van der Waals surface area (Å²) in [5.41, 5.74) is 4.12. The third-order valence-corrected chi connectivity index (χ3v) is 8.18. The van der Waals surface area contributed by atoms with E-state index in [0.29, 0.717) is 24.8 Å². The van der Waals surface area contributed by atoms with Crippen LogP contribution < -0.4 is 4.90 Å². The Bertz CT molecular complexity index is 1390. The normalized spacial score (nSPS) is 22.2. The van der Waals surface area contributed by atoms with Crippen LogP contribution in [-0.4, -0.2) is 39.9 Å². The number of benzene rings is 2. The van der Waals surface area contributed by atoms with Crippen LogP contribution in [-0.2, 0) is 22.4 Å². The number of aromatic nitrogens is 2. The van der Waals surface area contributed by atoms with E-state index in [4.69, 9.17) is 9.72 Å². The van der Waals surface area contributed by atoms with Gasteiger partial charge in [0.05, 0.1) is 29.7 Å². The summed E-state index contributed by atoms with van der Waals surface area (Å²) in [4.78, 5) is 31.3. The second-order valence-corrected chi connectivity index (χ2v) is 10.7. The number of carbonyl (C=O) groups is 2. The second-order valence-electron chi connectivity index (χ2n) is 10.7. The van der Waals surface area contributed by atoms with Crippen LogP contribution in [0.25, 0.3) is 11.0 Å². The van der Waals surface area contributed by atoms with E-state index in [1.807, 2.05) is 26.0 Å². The van der Waals surface area contributed by atoms with Crippen LogP contribution in [0.3, 0.4) is 0 Å². The van der Waals surface area contributed by atoms with Gasteiger partial charge in [0.15, 0.2) is 11.6 Å². The number of hydrogen-bond donors (Lipinski definition) is 1. The van der Waals surface area contributed by atoms with Crippen molar-refractivity contribution in [2.24, 2.45) is 5.92 Å². The maximum absolute atomic E-state index is 13.9. The van der Waals surface area contributed by atoms with E-state index in [1.165, 1.54) is 13.2 Å². The van der Waals surface area contributed by atoms with E-state index in [1.54, 1.807) is 11.0 Å². The summed E-state index contributed by atoms with van der Waals surface area (Å²) in [5.74, 6) is -2.33. The van der Waals surface area contributed by atoms with Gasteiger partial charge in [-0.05, 0) is 75.3 Å². The molecule has 0 saturated heterocycles. The van der Waals surface area contributed by atoms with Crippen molar-refractivity contribution in [3.05, 3.63) is 58.9 Å². The van der Waals surface area contributed by atoms with E-state index in [0.717, 1.165) is 59.9 Å². The van der Waals surface area contributed by atoms with Crippen LogP contribution in [0.1, 0.15) is 74.9 Å². The smallest absolute Gasteiger partial charge is 0.414 e. The molecule has 0 spiro atoms. The molecule has 5 rings (SSSR count). The van der Waals surface area contributed by atoms with E-state index in [2.05, 4.69) is 4.57 Å². The minimum absolute atomic E-state index is 0.0177. The minimum Gasteiger partial charge on any atom is -0.481 e. The zero-order chi connectivity index (χ0) is 27.1. The summed E-state index contributed by atoms with van der Waals surface area (Å²) in [5, 5.41) is 9.74. The highest BCUT2D eigenvalue weighted by atomic mass is 19.2. The van der Waals surface area contributed by atoms with Crippen LogP contribution in [0, 0.1) is 17.6 Å². The number of aliphatic carboxylic acids is 1. The lowest BCUT2D eigenvalue weighted by molar-refractivity contribution is -0.143. The third-order valence-electron chi connectivity index (χ3n) is 8.18. The fraction of sp³-hybridized carbons (Fsp3) is 0.483. The number of carboxylic acid groups (broad SMARTS) is 1. The number of methoxy groups -OCH3 is 1. The maximum Gasteiger partial charge on any atom is 0.414 e. The summed E-state index contributed by atoms with van der Waals surface area (Å²) in [6.45, 7) is 4.00. The quantitative estimate of drug-likeness (QED) is 0.418. The summed E-state index contributed by atoms with van der Waals surface area (Å²) in [6.07, 6.45) is 4.34. The molecule has 2 heterocycles. The van der Waals surface area contributed by atoms with Gasteiger partial charge >= 0.3 is 12.1 Å². The Kier molecular flexibility index (Phi) is 7.11. The number of amides is 1. The van der Waals surface area contributed by atoms with Gasteiger partial charge < -0.3 is 14.4 Å². The molecule has 1 aromatic heterocycles. The molecule has 38 heavy (non-hydrogen) atoms. The van der Waals surface area contributed by atoms with Gasteiger partial charge in [0, 0.05) is 23.6 Å². The Morgan fingerprint density at radius 1 is 1.16 bits per heavy atom. The fourth-order valence-corrected chi connectivity index (χ4v) is 6.26. The number of aryl methyl sites for hydroxylation is 1. The highest BCUT2D eigenvalue weighted by molar-refractivity contribution is 5.95. The predicted molar refractivity (Wildman–Crippen MR) is 140 cm³/mol. The lowest BCUT2D eigenvalue weighted by Crippen LogP contribution is -2.42. The van der Waals surface area contributed by atoms with Crippen LogP contribution in [0.2, 0.25) is 0 Å². The molecule has 1 aliphatic carbocycles. The molecular formula is C29H33F2N3O4. The maximum atomic E-state index is 13.9. The van der Waals surface area contributed by atoms with Crippen LogP contribution in [0.5, 0.6) is 0 Å². The first-order chi connectivity index (χ1) is 18.2. The zero-order valence-corrected chi connectivity index (χ0v) is 21.9. The first kappa shape index (κ1) is 26.1. The van der Waals surface area contributed by atoms with Gasteiger partial charge in [-0.15, -0.1) is 0 Å². The van der Waals surface area contributed by atoms with E-state index in [9.17, 15) is 23.5 Å². The molecule has 1 aliphatic heterocycles. The summed E-state index contributed by atoms with van der Waals surface area (Å²) >= 11 is 0. The number of ether oxygens (including phenoxy) is 1. The van der Waals surface area contributed by atoms with Gasteiger partial charge in [0.1, 0.15) is 5.82 Å². The standard InChI is InChI=1S/C29H33F2N3O4/c1-16(13-18-8-10-22(30)23(31)14-18)27-32-26-21-9-7-17(2)33(29(37)38-3)24(21)11-12-25(26)34(27)20-6-4-5-19(15-20)28(35)36/h8,10-12,14,16-17,19-20H,4-7,9,13,15H2,1-3H3,(H,35,36)/t16-,17+,19-,20-/m1/s1. The van der Waals surface area contributed by atoms with E-state index >= 15 is 0 Å². The number of carbonyl (C=O) groups excluding carboxylic acids is 1. The van der Waals surface area contributed by atoms with Crippen molar-refractivity contribution >= 4 is 28.8 Å². The number of carboxylic acids is 1. The van der Waals surface area contributed by atoms with E-state index < -0.39 is 29.6 Å². The first-order valence-corrected chi connectivity index (χ1v) is 13.3. The number of anilines is 1. The lowest BCUT2D eigenvalue weighted by atomic mass is 9.85. The van der Waals surface area contributed by atoms with Crippen molar-refractivity contribution in [3.63, 3.8) is 0 Å². The number of halogens is 2. The molecule has 0 bridgehead atoms. The first-order valence-electron chi connectivity index (χ1n) is 13.3. The Hall–Kier alpha value is -3.49. The topological polar surface area (TPSA) is 84.7 Å². The lowest BCUT2D eigenvalue weighted by Gasteiger charge is -2.34. The molecule has 1 saturated carbocycles. The molecule has 202 valence electrons. The molecule has 9 heteroatoms. The minimum atomic E-state index is -0.883. The van der Waals surface area contributed by atoms with E-state index in [-0.39, 0.29) is 18.0 Å². The Morgan fingerprint density at radius 3 is 2.66 bits per heavy atom. The number of hydrogen-bond acceptors (Lipinski definition) is 4. The van der Waals surface area contributed by atoms with Gasteiger partial charge in [0.2, 0.25) is 0 Å². The van der Waals surface area contributed by atoms with Gasteiger partial charge in [-0.3, -0.25) is 9.69 Å². The van der Waals surface area contributed by atoms with Crippen molar-refractivity contribution in [1.29, 1.82) is 0 Å². The summed E-state index contributed by atoms with van der Waals surface area (Å²) < 4.78 is 34.7. The molecular weight excluding hydrogens is 492 g/mol. The average Bonchev–Trinajstić information content (AvgIpc) is 3.30. The van der Waals surface area contributed by atoms with Crippen LogP contribution in [0.15, 0.2) is 30.3 Å². The van der Waals surface area contributed by atoms with Crippen LogP contribution in [0.4, 0.5) is 19.3 Å². The monoisotopic (exact) mass is 525 g/mol. The van der Waals surface area contributed by atoms with Gasteiger partial charge in [-0.2, -0.15) is 0 Å². The van der Waals surface area contributed by atoms with Crippen molar-refractivity contribution in [3.8, 4) is 0 Å². The Labute approximate surface area is 220 Å². The van der Waals surface area contributed by atoms with Crippen molar-refractivity contribution in [1.82, 2.24) is 9.55 Å². The fourth-order valence-electron chi connectivity index (χ4n) is 6.26. The largest absolute Gasteiger partial charge is 0.481 e. The third kappa shape index (κ3) is 4.63. The van der Waals surface area contributed by atoms with Crippen LogP contribution >= 0.6 is 0 Å². The van der Waals surface area contributed by atoms with Gasteiger partial charge in [0.25, 0.3) is 0 Å². The molecule has 0 radical (unpaired) electrons. The summed E-state index contributed by atoms with van der Waals surface area (Å²) in [7, 11) is 1.37. The number of imidazole rings is 1. The number of fused-ring (bicyclic) bond motifs is 3. The molecule has 1 amide bonds. The van der Waals surface area contributed by atoms with Crippen molar-refractivity contribution in [2.75, 3.05) is 12.0 Å². The molecule has 7 nitrogen and oxygen atoms in total. The second kappa shape index (κ2) is 10.3.